The van der Waals surface area contributed by atoms with E-state index in [0.29, 0.717) is 39.0 Å². The highest BCUT2D eigenvalue weighted by molar-refractivity contribution is 6.12. The van der Waals surface area contributed by atoms with Crippen molar-refractivity contribution >= 4 is 23.6 Å². The second kappa shape index (κ2) is 16.7. The first-order valence-electron chi connectivity index (χ1n) is 14.7. The van der Waals surface area contributed by atoms with Crippen molar-refractivity contribution in [3.05, 3.63) is 12.2 Å². The maximum absolute atomic E-state index is 13.0. The van der Waals surface area contributed by atoms with E-state index >= 15 is 0 Å². The molecule has 4 rings (SSSR count). The van der Waals surface area contributed by atoms with Crippen molar-refractivity contribution in [1.29, 1.82) is 0 Å². The van der Waals surface area contributed by atoms with Crippen LogP contribution in [0.15, 0.2) is 12.2 Å². The van der Waals surface area contributed by atoms with E-state index in [-0.39, 0.29) is 48.4 Å². The number of imide groups is 1. The standard InChI is InChI=1S/C27H49N9O4/c1-26-16-28-9-12-31-19-27(20-32-13-10-29-17-26,21-33-14-11-30-18-26)35-23(38)5-2-4-22(37)34-8-3-15-36-24(39)6-7-25(36)40/h6-7,28-33H,2-5,8-21H2,1H3,(H,34,37)(H,35,38). The van der Waals surface area contributed by atoms with Gasteiger partial charge in [0, 0.05) is 122 Å². The van der Waals surface area contributed by atoms with Crippen LogP contribution in [-0.2, 0) is 19.2 Å². The fourth-order valence-corrected chi connectivity index (χ4v) is 5.16. The largest absolute Gasteiger partial charge is 0.356 e. The Morgan fingerprint density at radius 1 is 0.725 bits per heavy atom. The van der Waals surface area contributed by atoms with Crippen molar-refractivity contribution in [2.24, 2.45) is 5.41 Å². The molecular formula is C27H49N9O4. The first-order chi connectivity index (χ1) is 19.3. The van der Waals surface area contributed by atoms with Crippen LogP contribution in [0.5, 0.6) is 0 Å². The highest BCUT2D eigenvalue weighted by Gasteiger charge is 2.32. The molecule has 3 fully saturated rings. The van der Waals surface area contributed by atoms with E-state index in [1.807, 2.05) is 0 Å². The third kappa shape index (κ3) is 11.2. The van der Waals surface area contributed by atoms with Crippen LogP contribution in [0.4, 0.5) is 0 Å². The molecule has 4 aliphatic heterocycles. The zero-order valence-electron chi connectivity index (χ0n) is 24.0. The molecule has 0 aromatic rings. The van der Waals surface area contributed by atoms with Crippen molar-refractivity contribution < 1.29 is 19.2 Å². The van der Waals surface area contributed by atoms with Crippen molar-refractivity contribution in [2.75, 3.05) is 91.6 Å². The predicted octanol–water partition coefficient (Wildman–Crippen LogP) is -2.99. The molecule has 0 atom stereocenters. The van der Waals surface area contributed by atoms with E-state index in [0.717, 1.165) is 63.8 Å². The number of hydrogen-bond acceptors (Lipinski definition) is 10. The Bertz CT molecular complexity index is 821. The summed E-state index contributed by atoms with van der Waals surface area (Å²) in [5.74, 6) is -0.864. The zero-order chi connectivity index (χ0) is 28.7. The molecule has 0 aromatic heterocycles. The molecule has 4 amide bonds. The number of rotatable bonds is 9. The number of nitrogens with one attached hydrogen (secondary N) is 8. The van der Waals surface area contributed by atoms with E-state index in [1.54, 1.807) is 0 Å². The van der Waals surface area contributed by atoms with Crippen LogP contribution in [0, 0.1) is 5.41 Å². The lowest BCUT2D eigenvalue weighted by molar-refractivity contribution is -0.136. The summed E-state index contributed by atoms with van der Waals surface area (Å²) in [6, 6.07) is 0. The van der Waals surface area contributed by atoms with Gasteiger partial charge in [0.05, 0.1) is 5.54 Å². The molecule has 13 heteroatoms. The van der Waals surface area contributed by atoms with Gasteiger partial charge in [-0.25, -0.2) is 0 Å². The van der Waals surface area contributed by atoms with Gasteiger partial charge in [0.15, 0.2) is 0 Å². The fourth-order valence-electron chi connectivity index (χ4n) is 5.16. The van der Waals surface area contributed by atoms with E-state index in [4.69, 9.17) is 0 Å². The number of amides is 4. The first kappa shape index (κ1) is 32.1. The van der Waals surface area contributed by atoms with Gasteiger partial charge in [-0.05, 0) is 12.8 Å². The Balaban J connectivity index is 1.45. The van der Waals surface area contributed by atoms with Gasteiger partial charge in [-0.1, -0.05) is 6.92 Å². The van der Waals surface area contributed by atoms with Crippen LogP contribution in [0.3, 0.4) is 0 Å². The first-order valence-corrected chi connectivity index (χ1v) is 14.7. The maximum Gasteiger partial charge on any atom is 0.253 e. The summed E-state index contributed by atoms with van der Waals surface area (Å²) in [4.78, 5) is 49.6. The lowest BCUT2D eigenvalue weighted by atomic mass is 9.90. The average Bonchev–Trinajstić information content (AvgIpc) is 3.24. The van der Waals surface area contributed by atoms with Gasteiger partial charge < -0.3 is 42.5 Å². The van der Waals surface area contributed by atoms with Gasteiger partial charge in [0.1, 0.15) is 0 Å². The van der Waals surface area contributed by atoms with E-state index in [9.17, 15) is 19.2 Å². The number of nitrogens with zero attached hydrogens (tertiary/aromatic N) is 1. The zero-order valence-corrected chi connectivity index (χ0v) is 24.0. The molecule has 0 radical (unpaired) electrons. The summed E-state index contributed by atoms with van der Waals surface area (Å²) in [7, 11) is 0. The molecule has 0 spiro atoms. The topological polar surface area (TPSA) is 168 Å². The smallest absolute Gasteiger partial charge is 0.253 e. The molecule has 8 N–H and O–H groups in total. The van der Waals surface area contributed by atoms with Crippen LogP contribution in [0.2, 0.25) is 0 Å². The summed E-state index contributed by atoms with van der Waals surface area (Å²) in [5.41, 5.74) is -0.392. The Hall–Kier alpha value is -2.42. The van der Waals surface area contributed by atoms with Gasteiger partial charge in [0.2, 0.25) is 11.8 Å². The Morgan fingerprint density at radius 2 is 1.18 bits per heavy atom. The molecule has 2 bridgehead atoms. The van der Waals surface area contributed by atoms with E-state index in [2.05, 4.69) is 49.5 Å². The van der Waals surface area contributed by atoms with Crippen LogP contribution in [-0.4, -0.2) is 126 Å². The second-order valence-electron chi connectivity index (χ2n) is 11.4. The summed E-state index contributed by atoms with van der Waals surface area (Å²) in [5, 5.41) is 27.4. The molecule has 0 saturated carbocycles. The Kier molecular flexibility index (Phi) is 13.4. The van der Waals surface area contributed by atoms with Crippen LogP contribution in [0.25, 0.3) is 0 Å². The molecule has 3 saturated heterocycles. The third-order valence-corrected chi connectivity index (χ3v) is 7.47. The highest BCUT2D eigenvalue weighted by atomic mass is 16.2. The summed E-state index contributed by atoms with van der Waals surface area (Å²) >= 11 is 0. The molecule has 40 heavy (non-hydrogen) atoms. The van der Waals surface area contributed by atoms with Gasteiger partial charge in [-0.2, -0.15) is 0 Å². The molecule has 0 aliphatic carbocycles. The molecule has 4 aliphatic rings. The molecule has 4 heterocycles. The molecule has 13 nitrogen and oxygen atoms in total. The van der Waals surface area contributed by atoms with Gasteiger partial charge in [-0.15, -0.1) is 0 Å². The predicted molar refractivity (Wildman–Crippen MR) is 154 cm³/mol. The summed E-state index contributed by atoms with van der Waals surface area (Å²) in [6.07, 6.45) is 3.91. The molecule has 0 aromatic carbocycles. The molecule has 0 unspecified atom stereocenters. The monoisotopic (exact) mass is 563 g/mol. The lowest BCUT2D eigenvalue weighted by Crippen LogP contribution is -2.66. The van der Waals surface area contributed by atoms with Crippen molar-refractivity contribution in [3.8, 4) is 0 Å². The Morgan fingerprint density at radius 3 is 1.68 bits per heavy atom. The second-order valence-corrected chi connectivity index (χ2v) is 11.4. The van der Waals surface area contributed by atoms with Crippen LogP contribution in [0.1, 0.15) is 32.6 Å². The van der Waals surface area contributed by atoms with E-state index in [1.165, 1.54) is 12.2 Å². The lowest BCUT2D eigenvalue weighted by Gasteiger charge is -2.37. The van der Waals surface area contributed by atoms with Crippen LogP contribution >= 0.6 is 0 Å². The minimum atomic E-state index is -0.513. The summed E-state index contributed by atoms with van der Waals surface area (Å²) < 4.78 is 0. The highest BCUT2D eigenvalue weighted by Crippen LogP contribution is 2.13. The van der Waals surface area contributed by atoms with Gasteiger partial charge >= 0.3 is 0 Å². The van der Waals surface area contributed by atoms with Gasteiger partial charge in [0.25, 0.3) is 11.8 Å². The summed E-state index contributed by atoms with van der Waals surface area (Å²) in [6.45, 7) is 12.5. The minimum absolute atomic E-state index is 0.0795. The number of fused-ring (bicyclic) bond motifs is 15. The maximum atomic E-state index is 13.0. The van der Waals surface area contributed by atoms with Crippen molar-refractivity contribution in [2.45, 2.75) is 38.1 Å². The SMILES string of the molecule is CC12CNCCNCC(NC(=O)CCCC(=O)NCCCN3C(=O)C=CC3=O)(CNCCNC1)CNCCNC2. The Labute approximate surface area is 237 Å². The normalized spacial score (nSPS) is 27.3. The average molecular weight is 564 g/mol. The van der Waals surface area contributed by atoms with Gasteiger partial charge in [-0.3, -0.25) is 24.1 Å². The number of carbonyl (C=O) groups is 4. The van der Waals surface area contributed by atoms with Crippen molar-refractivity contribution in [3.63, 3.8) is 0 Å². The number of carbonyl (C=O) groups excluding carboxylic acids is 4. The minimum Gasteiger partial charge on any atom is -0.356 e. The van der Waals surface area contributed by atoms with Crippen LogP contribution < -0.4 is 42.5 Å². The molecular weight excluding hydrogens is 514 g/mol. The van der Waals surface area contributed by atoms with E-state index < -0.39 is 5.54 Å². The fraction of sp³-hybridized carbons (Fsp3) is 0.778. The quantitative estimate of drug-likeness (QED) is 0.107. The molecule has 226 valence electrons. The third-order valence-electron chi connectivity index (χ3n) is 7.47. The van der Waals surface area contributed by atoms with Crippen molar-refractivity contribution in [1.82, 2.24) is 47.4 Å². The number of hydrogen-bond donors (Lipinski definition) is 8.